The fraction of sp³-hybridized carbons (Fsp3) is 0.217. The average molecular weight is 519 g/mol. The highest BCUT2D eigenvalue weighted by atomic mass is 33.1. The summed E-state index contributed by atoms with van der Waals surface area (Å²) in [5.74, 6) is -0.469. The number of ether oxygens (including phenoxy) is 3. The fourth-order valence-electron chi connectivity index (χ4n) is 2.84. The van der Waals surface area contributed by atoms with E-state index in [1.807, 2.05) is 18.2 Å². The Balaban J connectivity index is 1.59. The van der Waals surface area contributed by atoms with Gasteiger partial charge in [0.25, 0.3) is 5.09 Å². The molecule has 0 bridgehead atoms. The molecule has 1 heterocycles. The Hall–Kier alpha value is -3.64. The third-order valence-corrected chi connectivity index (χ3v) is 6.90. The van der Waals surface area contributed by atoms with Gasteiger partial charge < -0.3 is 24.4 Å². The van der Waals surface area contributed by atoms with Crippen molar-refractivity contribution in [3.8, 4) is 11.5 Å². The molecular formula is C23H22N2O8S2. The van der Waals surface area contributed by atoms with Crippen molar-refractivity contribution in [3.05, 3.63) is 81.3 Å². The smallest absolute Gasteiger partial charge is 0.462 e. The summed E-state index contributed by atoms with van der Waals surface area (Å²) < 4.78 is 15.7. The first-order chi connectivity index (χ1) is 16.9. The number of rotatable bonds is 11. The molecule has 1 aliphatic heterocycles. The SMILES string of the molecule is C=C1C=C(c2ccc(OC(=O)Oc3ccc(NC)cc3C(=O)OCCCCO[N+](=O)[O-])cc2)SS1. The number of anilines is 1. The number of nitrogens with zero attached hydrogens (tertiary/aromatic N) is 1. The first-order valence-corrected chi connectivity index (χ1v) is 12.5. The van der Waals surface area contributed by atoms with Crippen molar-refractivity contribution in [2.75, 3.05) is 25.6 Å². The van der Waals surface area contributed by atoms with Crippen molar-refractivity contribution in [1.29, 1.82) is 0 Å². The maximum atomic E-state index is 12.6. The van der Waals surface area contributed by atoms with Gasteiger partial charge in [0, 0.05) is 22.5 Å². The van der Waals surface area contributed by atoms with E-state index in [4.69, 9.17) is 14.2 Å². The molecule has 10 nitrogen and oxygen atoms in total. The minimum absolute atomic E-state index is 0.0144. The molecule has 3 rings (SSSR count). The zero-order valence-corrected chi connectivity index (χ0v) is 20.3. The van der Waals surface area contributed by atoms with Gasteiger partial charge in [-0.1, -0.05) is 40.3 Å². The third kappa shape index (κ3) is 7.97. The van der Waals surface area contributed by atoms with E-state index in [0.29, 0.717) is 18.5 Å². The number of hydrogen-bond acceptors (Lipinski definition) is 11. The zero-order chi connectivity index (χ0) is 25.2. The van der Waals surface area contributed by atoms with E-state index in [-0.39, 0.29) is 30.3 Å². The fourth-order valence-corrected chi connectivity index (χ4v) is 4.87. The van der Waals surface area contributed by atoms with Crippen molar-refractivity contribution >= 4 is 44.3 Å². The van der Waals surface area contributed by atoms with E-state index in [0.717, 1.165) is 15.4 Å². The van der Waals surface area contributed by atoms with Gasteiger partial charge in [0.2, 0.25) is 0 Å². The molecule has 1 aliphatic rings. The summed E-state index contributed by atoms with van der Waals surface area (Å²) in [6.45, 7) is 3.83. The quantitative estimate of drug-likeness (QED) is 0.0982. The summed E-state index contributed by atoms with van der Waals surface area (Å²) in [5, 5.41) is 12.2. The second-order valence-electron chi connectivity index (χ2n) is 6.98. The van der Waals surface area contributed by atoms with Crippen molar-refractivity contribution < 1.29 is 33.7 Å². The van der Waals surface area contributed by atoms with Crippen molar-refractivity contribution in [3.63, 3.8) is 0 Å². The molecule has 0 atom stereocenters. The molecule has 0 fully saturated rings. The lowest BCUT2D eigenvalue weighted by molar-refractivity contribution is -0.757. The van der Waals surface area contributed by atoms with E-state index >= 15 is 0 Å². The van der Waals surface area contributed by atoms with Crippen LogP contribution in [0.25, 0.3) is 4.91 Å². The molecule has 0 saturated carbocycles. The molecule has 0 radical (unpaired) electrons. The Labute approximate surface area is 209 Å². The molecular weight excluding hydrogens is 496 g/mol. The standard InChI is InChI=1S/C23H22N2O8S2/c1-15-13-21(35-34-15)16-5-8-18(9-6-16)32-23(27)33-20-10-7-17(24-2)14-19(20)22(26)30-11-3-4-12-31-25(28)29/h5-10,13-14,24H,1,3-4,11-12H2,2H3. The van der Waals surface area contributed by atoms with Gasteiger partial charge in [0.05, 0.1) is 13.2 Å². The lowest BCUT2D eigenvalue weighted by atomic mass is 10.1. The zero-order valence-electron chi connectivity index (χ0n) is 18.7. The summed E-state index contributed by atoms with van der Waals surface area (Å²) >= 11 is 0. The van der Waals surface area contributed by atoms with Crippen LogP contribution in [0.4, 0.5) is 10.5 Å². The molecule has 2 aromatic rings. The third-order valence-electron chi connectivity index (χ3n) is 4.52. The van der Waals surface area contributed by atoms with Gasteiger partial charge in [0.15, 0.2) is 0 Å². The number of benzene rings is 2. The van der Waals surface area contributed by atoms with Crippen LogP contribution in [0.3, 0.4) is 0 Å². The second-order valence-corrected chi connectivity index (χ2v) is 9.28. The summed E-state index contributed by atoms with van der Waals surface area (Å²) in [4.78, 5) is 41.3. The van der Waals surface area contributed by atoms with Crippen molar-refractivity contribution in [2.45, 2.75) is 12.8 Å². The predicted octanol–water partition coefficient (Wildman–Crippen LogP) is 5.70. The Morgan fingerprint density at radius 2 is 1.80 bits per heavy atom. The van der Waals surface area contributed by atoms with Crippen LogP contribution in [-0.2, 0) is 9.57 Å². The first-order valence-electron chi connectivity index (χ1n) is 10.4. The molecule has 2 aromatic carbocycles. The molecule has 0 aromatic heterocycles. The molecule has 0 saturated heterocycles. The van der Waals surface area contributed by atoms with Crippen LogP contribution in [0.5, 0.6) is 11.5 Å². The van der Waals surface area contributed by atoms with Crippen molar-refractivity contribution in [2.24, 2.45) is 0 Å². The number of allylic oxidation sites excluding steroid dienone is 1. The van der Waals surface area contributed by atoms with Crippen LogP contribution in [-0.4, -0.2) is 37.5 Å². The maximum Gasteiger partial charge on any atom is 0.519 e. The number of carbonyl (C=O) groups is 2. The van der Waals surface area contributed by atoms with E-state index in [2.05, 4.69) is 16.7 Å². The van der Waals surface area contributed by atoms with Crippen LogP contribution in [0, 0.1) is 10.1 Å². The second kappa shape index (κ2) is 12.7. The molecule has 0 unspecified atom stereocenters. The lowest BCUT2D eigenvalue weighted by Gasteiger charge is -2.12. The van der Waals surface area contributed by atoms with Gasteiger partial charge in [0.1, 0.15) is 17.1 Å². The van der Waals surface area contributed by atoms with E-state index in [9.17, 15) is 19.7 Å². The summed E-state index contributed by atoms with van der Waals surface area (Å²) in [5.41, 5.74) is 1.60. The number of hydrogen-bond donors (Lipinski definition) is 1. The molecule has 12 heteroatoms. The molecule has 0 spiro atoms. The van der Waals surface area contributed by atoms with Gasteiger partial charge in [-0.3, -0.25) is 0 Å². The lowest BCUT2D eigenvalue weighted by Crippen LogP contribution is -2.17. The largest absolute Gasteiger partial charge is 0.519 e. The van der Waals surface area contributed by atoms with E-state index in [1.165, 1.54) is 12.1 Å². The van der Waals surface area contributed by atoms with Crippen LogP contribution in [0.15, 0.2) is 60.0 Å². The highest BCUT2D eigenvalue weighted by molar-refractivity contribution is 8.82. The average Bonchev–Trinajstić information content (AvgIpc) is 3.27. The Morgan fingerprint density at radius 1 is 1.06 bits per heavy atom. The van der Waals surface area contributed by atoms with Crippen LogP contribution in [0.2, 0.25) is 0 Å². The molecule has 184 valence electrons. The molecule has 35 heavy (non-hydrogen) atoms. The summed E-state index contributed by atoms with van der Waals surface area (Å²) in [6, 6.07) is 11.5. The minimum Gasteiger partial charge on any atom is -0.462 e. The predicted molar refractivity (Wildman–Crippen MR) is 134 cm³/mol. The monoisotopic (exact) mass is 518 g/mol. The van der Waals surface area contributed by atoms with Gasteiger partial charge in [-0.15, -0.1) is 10.1 Å². The van der Waals surface area contributed by atoms with E-state index in [1.54, 1.807) is 46.8 Å². The first kappa shape index (κ1) is 26.0. The number of nitrogens with one attached hydrogen (secondary N) is 1. The Morgan fingerprint density at radius 3 is 2.46 bits per heavy atom. The van der Waals surface area contributed by atoms with Gasteiger partial charge in [-0.05, 0) is 54.8 Å². The van der Waals surface area contributed by atoms with Crippen LogP contribution in [0.1, 0.15) is 28.8 Å². The highest BCUT2D eigenvalue weighted by Gasteiger charge is 2.19. The Kier molecular flexibility index (Phi) is 9.44. The normalized spacial score (nSPS) is 12.5. The van der Waals surface area contributed by atoms with Gasteiger partial charge >= 0.3 is 12.1 Å². The molecule has 1 N–H and O–H groups in total. The highest BCUT2D eigenvalue weighted by Crippen LogP contribution is 2.48. The summed E-state index contributed by atoms with van der Waals surface area (Å²) in [6.07, 6.45) is 1.67. The van der Waals surface area contributed by atoms with Gasteiger partial charge in [-0.2, -0.15) is 0 Å². The Bertz CT molecular complexity index is 1130. The molecule has 0 amide bonds. The van der Waals surface area contributed by atoms with Crippen LogP contribution >= 0.6 is 21.6 Å². The van der Waals surface area contributed by atoms with Gasteiger partial charge in [-0.25, -0.2) is 9.59 Å². The minimum atomic E-state index is -1.01. The number of esters is 1. The van der Waals surface area contributed by atoms with Crippen LogP contribution < -0.4 is 14.8 Å². The summed E-state index contributed by atoms with van der Waals surface area (Å²) in [7, 11) is 4.86. The van der Waals surface area contributed by atoms with Crippen molar-refractivity contribution in [1.82, 2.24) is 0 Å². The maximum absolute atomic E-state index is 12.6. The molecule has 0 aliphatic carbocycles. The number of unbranched alkanes of at least 4 members (excludes halogenated alkanes) is 1. The number of carbonyl (C=O) groups excluding carboxylic acids is 2. The van der Waals surface area contributed by atoms with E-state index < -0.39 is 17.2 Å². The topological polar surface area (TPSA) is 126 Å².